The Balaban J connectivity index is 0. The van der Waals surface area contributed by atoms with Gasteiger partial charge in [0, 0.05) is 6.92 Å². The Kier molecular flexibility index (Phi) is 6.05. The monoisotopic (exact) mass is 77.0 g/mol. The van der Waals surface area contributed by atoms with E-state index in [-0.39, 0.29) is 11.4 Å². The number of nitrogens with two attached hydrogens (primary N) is 1. The van der Waals surface area contributed by atoms with Gasteiger partial charge in [-0.1, -0.05) is 0 Å². The van der Waals surface area contributed by atoms with Crippen LogP contribution in [0.2, 0.25) is 0 Å². The highest BCUT2D eigenvalue weighted by Crippen LogP contribution is 1.33. The molecule has 0 saturated heterocycles. The summed E-state index contributed by atoms with van der Waals surface area (Å²) in [5.41, 5.74) is 4.47. The van der Waals surface area contributed by atoms with E-state index in [1.54, 1.807) is 0 Å². The van der Waals surface area contributed by atoms with Crippen molar-refractivity contribution in [1.29, 1.82) is 0 Å². The van der Waals surface area contributed by atoms with E-state index in [1.165, 1.54) is 6.92 Å². The van der Waals surface area contributed by atoms with Crippen molar-refractivity contribution in [2.75, 3.05) is 0 Å². The van der Waals surface area contributed by atoms with Gasteiger partial charge in [0.2, 0.25) is 5.91 Å². The summed E-state index contributed by atoms with van der Waals surface area (Å²) in [7, 11) is 0. The SMILES string of the molecule is CC(N)=O.O. The molecule has 32 valence electrons. The first-order valence-corrected chi connectivity index (χ1v) is 0.993. The lowest BCUT2D eigenvalue weighted by Crippen LogP contribution is -2.01. The zero-order chi connectivity index (χ0) is 3.58. The van der Waals surface area contributed by atoms with Crippen molar-refractivity contribution in [1.82, 2.24) is 0 Å². The van der Waals surface area contributed by atoms with Crippen molar-refractivity contribution in [2.45, 2.75) is 6.92 Å². The van der Waals surface area contributed by atoms with E-state index in [4.69, 9.17) is 0 Å². The summed E-state index contributed by atoms with van der Waals surface area (Å²) in [4.78, 5) is 9.22. The van der Waals surface area contributed by atoms with Gasteiger partial charge in [-0.05, 0) is 0 Å². The van der Waals surface area contributed by atoms with Crippen LogP contribution in [-0.2, 0) is 4.79 Å². The summed E-state index contributed by atoms with van der Waals surface area (Å²) in [6.45, 7) is 1.31. The second-order valence-electron chi connectivity index (χ2n) is 0.611. The molecule has 0 aliphatic carbocycles. The van der Waals surface area contributed by atoms with Crippen molar-refractivity contribution in [3.63, 3.8) is 0 Å². The zero-order valence-corrected chi connectivity index (χ0v) is 2.99. The van der Waals surface area contributed by atoms with E-state index in [0.29, 0.717) is 0 Å². The Bertz CT molecular complexity index is 30.6. The first kappa shape index (κ1) is 8.83. The van der Waals surface area contributed by atoms with Crippen LogP contribution in [0.5, 0.6) is 0 Å². The predicted molar refractivity (Wildman–Crippen MR) is 18.5 cm³/mol. The Labute approximate surface area is 30.1 Å². The van der Waals surface area contributed by atoms with Gasteiger partial charge in [-0.15, -0.1) is 0 Å². The number of hydrogen-bond donors (Lipinski definition) is 1. The molecular formula is C2H7NO2. The molecule has 0 fully saturated rings. The van der Waals surface area contributed by atoms with Gasteiger partial charge in [0.15, 0.2) is 0 Å². The van der Waals surface area contributed by atoms with Crippen molar-refractivity contribution >= 4 is 5.91 Å². The lowest BCUT2D eigenvalue weighted by Gasteiger charge is -1.60. The molecule has 0 atom stereocenters. The lowest BCUT2D eigenvalue weighted by atomic mass is 10.8. The van der Waals surface area contributed by atoms with Crippen LogP contribution in [0, 0.1) is 0 Å². The maximum absolute atomic E-state index is 9.22. The van der Waals surface area contributed by atoms with E-state index >= 15 is 0 Å². The molecule has 1 amide bonds. The predicted octanol–water partition coefficient (Wildman–Crippen LogP) is -1.33. The minimum atomic E-state index is -0.333. The summed E-state index contributed by atoms with van der Waals surface area (Å²) in [6, 6.07) is 0. The molecule has 0 unspecified atom stereocenters. The third kappa shape index (κ3) is 21.6. The van der Waals surface area contributed by atoms with E-state index in [1.807, 2.05) is 0 Å². The summed E-state index contributed by atoms with van der Waals surface area (Å²) in [5.74, 6) is -0.333. The molecule has 0 aromatic rings. The summed E-state index contributed by atoms with van der Waals surface area (Å²) in [5, 5.41) is 0. The average Bonchev–Trinajstić information content (AvgIpc) is 0.811. The van der Waals surface area contributed by atoms with Gasteiger partial charge >= 0.3 is 0 Å². The molecule has 0 saturated carbocycles. The van der Waals surface area contributed by atoms with E-state index in [2.05, 4.69) is 5.73 Å². The molecule has 0 rings (SSSR count). The second-order valence-corrected chi connectivity index (χ2v) is 0.611. The highest BCUT2D eigenvalue weighted by atomic mass is 16.1. The topological polar surface area (TPSA) is 74.6 Å². The lowest BCUT2D eigenvalue weighted by molar-refractivity contribution is -0.115. The van der Waals surface area contributed by atoms with Crippen LogP contribution in [0.15, 0.2) is 0 Å². The summed E-state index contributed by atoms with van der Waals surface area (Å²) >= 11 is 0. The van der Waals surface area contributed by atoms with Crippen molar-refractivity contribution in [3.8, 4) is 0 Å². The van der Waals surface area contributed by atoms with Gasteiger partial charge in [-0.25, -0.2) is 0 Å². The average molecular weight is 77.1 g/mol. The molecule has 3 heteroatoms. The fourth-order valence-electron chi connectivity index (χ4n) is 0. The number of amides is 1. The number of carbonyl (C=O) groups is 1. The fourth-order valence-corrected chi connectivity index (χ4v) is 0. The van der Waals surface area contributed by atoms with Crippen LogP contribution in [0.3, 0.4) is 0 Å². The maximum Gasteiger partial charge on any atom is 0.214 e. The summed E-state index contributed by atoms with van der Waals surface area (Å²) in [6.07, 6.45) is 0. The van der Waals surface area contributed by atoms with Crippen LogP contribution >= 0.6 is 0 Å². The highest BCUT2D eigenvalue weighted by molar-refractivity contribution is 5.70. The smallest absolute Gasteiger partial charge is 0.214 e. The van der Waals surface area contributed by atoms with Gasteiger partial charge in [-0.3, -0.25) is 4.79 Å². The number of carbonyl (C=O) groups excluding carboxylic acids is 1. The molecule has 0 heterocycles. The van der Waals surface area contributed by atoms with Gasteiger partial charge < -0.3 is 11.2 Å². The number of hydrogen-bond acceptors (Lipinski definition) is 1. The molecule has 0 aromatic carbocycles. The molecule has 3 nitrogen and oxygen atoms in total. The quantitative estimate of drug-likeness (QED) is 0.382. The van der Waals surface area contributed by atoms with Gasteiger partial charge in [0.05, 0.1) is 0 Å². The molecule has 0 aromatic heterocycles. The first-order valence-electron chi connectivity index (χ1n) is 0.993. The third-order valence-electron chi connectivity index (χ3n) is 0. The second kappa shape index (κ2) is 3.43. The molecule has 0 bridgehead atoms. The molecule has 0 spiro atoms. The minimum absolute atomic E-state index is 0. The van der Waals surface area contributed by atoms with Crippen LogP contribution in [0.25, 0.3) is 0 Å². The van der Waals surface area contributed by atoms with E-state index in [0.717, 1.165) is 0 Å². The molecule has 0 radical (unpaired) electrons. The van der Waals surface area contributed by atoms with E-state index < -0.39 is 0 Å². The number of rotatable bonds is 0. The van der Waals surface area contributed by atoms with Crippen molar-refractivity contribution in [3.05, 3.63) is 0 Å². The molecule has 0 aliphatic rings. The largest absolute Gasteiger partial charge is 0.412 e. The third-order valence-corrected chi connectivity index (χ3v) is 0. The molecule has 4 N–H and O–H groups in total. The van der Waals surface area contributed by atoms with Gasteiger partial charge in [-0.2, -0.15) is 0 Å². The number of primary amides is 1. The molecular weight excluding hydrogens is 70.0 g/mol. The molecule has 5 heavy (non-hydrogen) atoms. The summed E-state index contributed by atoms with van der Waals surface area (Å²) < 4.78 is 0. The van der Waals surface area contributed by atoms with Crippen LogP contribution < -0.4 is 5.73 Å². The maximum atomic E-state index is 9.22. The van der Waals surface area contributed by atoms with Crippen LogP contribution in [0.1, 0.15) is 6.92 Å². The minimum Gasteiger partial charge on any atom is -0.412 e. The van der Waals surface area contributed by atoms with Crippen molar-refractivity contribution in [2.24, 2.45) is 5.73 Å². The van der Waals surface area contributed by atoms with Gasteiger partial charge in [0.25, 0.3) is 0 Å². The first-order chi connectivity index (χ1) is 1.73. The Morgan fingerprint density at radius 2 is 1.80 bits per heavy atom. The molecule has 0 aliphatic heterocycles. The standard InChI is InChI=1S/C2H5NO.H2O/c1-2(3)4;/h1H3,(H2,3,4);1H2. The zero-order valence-electron chi connectivity index (χ0n) is 2.99. The Morgan fingerprint density at radius 3 is 1.80 bits per heavy atom. The van der Waals surface area contributed by atoms with Crippen molar-refractivity contribution < 1.29 is 10.3 Å². The Morgan fingerprint density at radius 1 is 1.80 bits per heavy atom. The van der Waals surface area contributed by atoms with Crippen LogP contribution in [-0.4, -0.2) is 11.4 Å². The van der Waals surface area contributed by atoms with E-state index in [9.17, 15) is 4.79 Å². The van der Waals surface area contributed by atoms with Crippen LogP contribution in [0.4, 0.5) is 0 Å². The highest BCUT2D eigenvalue weighted by Gasteiger charge is 1.61. The normalized spacial score (nSPS) is 5.00. The fraction of sp³-hybridized carbons (Fsp3) is 0.500. The Hall–Kier alpha value is -0.570. The van der Waals surface area contributed by atoms with Gasteiger partial charge in [0.1, 0.15) is 0 Å².